The summed E-state index contributed by atoms with van der Waals surface area (Å²) in [6, 6.07) is 3.70. The van der Waals surface area contributed by atoms with E-state index < -0.39 is 26.7 Å². The SMILES string of the molecule is CCCc1nc(C)c(C(=O)N2CCN(S(=O)(=O)c3cccc(C(F)(F)F)c3)CC2)s1. The van der Waals surface area contributed by atoms with Gasteiger partial charge in [0.2, 0.25) is 10.0 Å². The standard InChI is InChI=1S/C19H22F3N3O3S2/c1-3-5-16-23-13(2)17(29-16)18(26)24-8-10-25(11-9-24)30(27,28)15-7-4-6-14(12-15)19(20,21)22/h4,6-7,12H,3,5,8-11H2,1-2H3. The zero-order valence-corrected chi connectivity index (χ0v) is 18.2. The Bertz CT molecular complexity index is 1030. The van der Waals surface area contributed by atoms with Crippen LogP contribution in [0.25, 0.3) is 0 Å². The predicted molar refractivity (Wildman–Crippen MR) is 107 cm³/mol. The highest BCUT2D eigenvalue weighted by Crippen LogP contribution is 2.31. The first-order valence-electron chi connectivity index (χ1n) is 9.47. The maximum Gasteiger partial charge on any atom is 0.416 e. The molecule has 0 bridgehead atoms. The van der Waals surface area contributed by atoms with Crippen molar-refractivity contribution in [2.75, 3.05) is 26.2 Å². The predicted octanol–water partition coefficient (Wildman–Crippen LogP) is 3.57. The fourth-order valence-corrected chi connectivity index (χ4v) is 5.83. The van der Waals surface area contributed by atoms with Crippen LogP contribution >= 0.6 is 11.3 Å². The number of carbonyl (C=O) groups excluding carboxylic acids is 1. The van der Waals surface area contributed by atoms with Gasteiger partial charge in [-0.2, -0.15) is 17.5 Å². The lowest BCUT2D eigenvalue weighted by atomic mass is 10.2. The van der Waals surface area contributed by atoms with Gasteiger partial charge in [-0.05, 0) is 38.0 Å². The van der Waals surface area contributed by atoms with Crippen LogP contribution in [-0.2, 0) is 22.6 Å². The molecule has 164 valence electrons. The molecule has 1 aromatic carbocycles. The lowest BCUT2D eigenvalue weighted by Gasteiger charge is -2.34. The molecule has 0 atom stereocenters. The van der Waals surface area contributed by atoms with Crippen LogP contribution in [0.2, 0.25) is 0 Å². The quantitative estimate of drug-likeness (QED) is 0.683. The van der Waals surface area contributed by atoms with Gasteiger partial charge in [-0.15, -0.1) is 11.3 Å². The molecule has 0 N–H and O–H groups in total. The van der Waals surface area contributed by atoms with Gasteiger partial charge in [-0.3, -0.25) is 4.79 Å². The first kappa shape index (κ1) is 22.7. The summed E-state index contributed by atoms with van der Waals surface area (Å²) in [4.78, 5) is 18.9. The molecular weight excluding hydrogens is 439 g/mol. The number of rotatable bonds is 5. The normalized spacial score (nSPS) is 16.1. The van der Waals surface area contributed by atoms with Gasteiger partial charge in [0.15, 0.2) is 0 Å². The monoisotopic (exact) mass is 461 g/mol. The highest BCUT2D eigenvalue weighted by molar-refractivity contribution is 7.89. The number of carbonyl (C=O) groups is 1. The van der Waals surface area contributed by atoms with Crippen molar-refractivity contribution in [2.24, 2.45) is 0 Å². The van der Waals surface area contributed by atoms with Gasteiger partial charge >= 0.3 is 6.18 Å². The minimum atomic E-state index is -4.63. The van der Waals surface area contributed by atoms with E-state index in [4.69, 9.17) is 0 Å². The van der Waals surface area contributed by atoms with Crippen LogP contribution in [0, 0.1) is 6.92 Å². The largest absolute Gasteiger partial charge is 0.416 e. The Morgan fingerprint density at radius 3 is 2.47 bits per heavy atom. The Balaban J connectivity index is 1.71. The molecule has 1 amide bonds. The molecule has 2 aromatic rings. The minimum absolute atomic E-state index is 0.0178. The molecular formula is C19H22F3N3O3S2. The summed E-state index contributed by atoms with van der Waals surface area (Å²) in [6.45, 7) is 4.17. The van der Waals surface area contributed by atoms with Gasteiger partial charge in [0.25, 0.3) is 5.91 Å². The fraction of sp³-hybridized carbons (Fsp3) is 0.474. The molecule has 0 spiro atoms. The number of aromatic nitrogens is 1. The molecule has 2 heterocycles. The van der Waals surface area contributed by atoms with Gasteiger partial charge in [0, 0.05) is 26.2 Å². The van der Waals surface area contributed by atoms with Crippen LogP contribution in [0.4, 0.5) is 13.2 Å². The highest BCUT2D eigenvalue weighted by atomic mass is 32.2. The molecule has 1 saturated heterocycles. The van der Waals surface area contributed by atoms with E-state index in [0.29, 0.717) is 16.6 Å². The molecule has 30 heavy (non-hydrogen) atoms. The van der Waals surface area contributed by atoms with E-state index in [1.807, 2.05) is 6.92 Å². The number of alkyl halides is 3. The molecule has 0 saturated carbocycles. The van der Waals surface area contributed by atoms with Crippen LogP contribution < -0.4 is 0 Å². The van der Waals surface area contributed by atoms with Crippen molar-refractivity contribution in [3.63, 3.8) is 0 Å². The van der Waals surface area contributed by atoms with Crippen molar-refractivity contribution < 1.29 is 26.4 Å². The molecule has 1 aromatic heterocycles. The van der Waals surface area contributed by atoms with Crippen LogP contribution in [0.5, 0.6) is 0 Å². The maximum absolute atomic E-state index is 12.9. The Morgan fingerprint density at radius 2 is 1.87 bits per heavy atom. The maximum atomic E-state index is 12.9. The third-order valence-electron chi connectivity index (χ3n) is 4.82. The van der Waals surface area contributed by atoms with Crippen LogP contribution in [-0.4, -0.2) is 54.7 Å². The summed E-state index contributed by atoms with van der Waals surface area (Å²) < 4.78 is 65.5. The molecule has 1 fully saturated rings. The second-order valence-electron chi connectivity index (χ2n) is 6.99. The van der Waals surface area contributed by atoms with Gasteiger partial charge in [-0.25, -0.2) is 13.4 Å². The van der Waals surface area contributed by atoms with Crippen LogP contribution in [0.3, 0.4) is 0 Å². The number of nitrogens with zero attached hydrogens (tertiary/aromatic N) is 3. The number of sulfonamides is 1. The minimum Gasteiger partial charge on any atom is -0.335 e. The van der Waals surface area contributed by atoms with Gasteiger partial charge in [0.1, 0.15) is 4.88 Å². The number of amides is 1. The summed E-state index contributed by atoms with van der Waals surface area (Å²) in [7, 11) is -4.08. The number of aryl methyl sites for hydroxylation is 2. The molecule has 0 radical (unpaired) electrons. The number of benzene rings is 1. The van der Waals surface area contributed by atoms with E-state index >= 15 is 0 Å². The third kappa shape index (κ3) is 4.68. The Morgan fingerprint density at radius 1 is 1.20 bits per heavy atom. The summed E-state index contributed by atoms with van der Waals surface area (Å²) in [5, 5.41) is 0.893. The zero-order valence-electron chi connectivity index (χ0n) is 16.6. The van der Waals surface area contributed by atoms with E-state index in [1.165, 1.54) is 11.3 Å². The smallest absolute Gasteiger partial charge is 0.335 e. The molecule has 0 aliphatic carbocycles. The first-order valence-corrected chi connectivity index (χ1v) is 11.7. The van der Waals surface area contributed by atoms with Crippen molar-refractivity contribution >= 4 is 27.3 Å². The fourth-order valence-electron chi connectivity index (χ4n) is 3.23. The summed E-state index contributed by atoms with van der Waals surface area (Å²) >= 11 is 1.35. The van der Waals surface area contributed by atoms with Crippen molar-refractivity contribution in [2.45, 2.75) is 37.8 Å². The average Bonchev–Trinajstić information content (AvgIpc) is 3.07. The van der Waals surface area contributed by atoms with Crippen LogP contribution in [0.15, 0.2) is 29.2 Å². The molecule has 1 aliphatic rings. The van der Waals surface area contributed by atoms with E-state index in [9.17, 15) is 26.4 Å². The Kier molecular flexibility index (Phi) is 6.54. The van der Waals surface area contributed by atoms with E-state index in [2.05, 4.69) is 4.98 Å². The molecule has 3 rings (SSSR count). The van der Waals surface area contributed by atoms with Crippen LogP contribution in [0.1, 0.15) is 39.3 Å². The number of piperazine rings is 1. The van der Waals surface area contributed by atoms with Gasteiger partial charge in [-0.1, -0.05) is 13.0 Å². The number of halogens is 3. The molecule has 6 nitrogen and oxygen atoms in total. The summed E-state index contributed by atoms with van der Waals surface area (Å²) in [5.41, 5.74) is -0.353. The summed E-state index contributed by atoms with van der Waals surface area (Å²) in [5.74, 6) is -0.191. The lowest BCUT2D eigenvalue weighted by Crippen LogP contribution is -2.50. The topological polar surface area (TPSA) is 70.6 Å². The average molecular weight is 462 g/mol. The van der Waals surface area contributed by atoms with Gasteiger partial charge in [0.05, 0.1) is 21.2 Å². The third-order valence-corrected chi connectivity index (χ3v) is 7.92. The summed E-state index contributed by atoms with van der Waals surface area (Å²) in [6.07, 6.45) is -2.91. The van der Waals surface area contributed by atoms with Crippen molar-refractivity contribution in [3.8, 4) is 0 Å². The van der Waals surface area contributed by atoms with Crippen molar-refractivity contribution in [1.82, 2.24) is 14.2 Å². The number of thiazole rings is 1. The molecule has 0 unspecified atom stereocenters. The zero-order chi connectivity index (χ0) is 22.1. The Labute approximate surface area is 177 Å². The molecule has 1 aliphatic heterocycles. The van der Waals surface area contributed by atoms with E-state index in [0.717, 1.165) is 40.4 Å². The molecule has 11 heteroatoms. The van der Waals surface area contributed by atoms with E-state index in [1.54, 1.807) is 11.8 Å². The number of hydrogen-bond donors (Lipinski definition) is 0. The Hall–Kier alpha value is -1.98. The van der Waals surface area contributed by atoms with Gasteiger partial charge < -0.3 is 4.90 Å². The lowest BCUT2D eigenvalue weighted by molar-refractivity contribution is -0.137. The van der Waals surface area contributed by atoms with Crippen molar-refractivity contribution in [3.05, 3.63) is 45.4 Å². The second-order valence-corrected chi connectivity index (χ2v) is 10.0. The first-order chi connectivity index (χ1) is 14.0. The van der Waals surface area contributed by atoms with E-state index in [-0.39, 0.29) is 32.1 Å². The number of hydrogen-bond acceptors (Lipinski definition) is 5. The highest BCUT2D eigenvalue weighted by Gasteiger charge is 2.35. The second kappa shape index (κ2) is 8.64. The van der Waals surface area contributed by atoms with Crippen molar-refractivity contribution in [1.29, 1.82) is 0 Å².